The summed E-state index contributed by atoms with van der Waals surface area (Å²) >= 11 is 0. The Morgan fingerprint density at radius 1 is 1.23 bits per heavy atom. The van der Waals surface area contributed by atoms with Crippen molar-refractivity contribution in [3.05, 3.63) is 36.1 Å². The molecule has 26 heavy (non-hydrogen) atoms. The van der Waals surface area contributed by atoms with Gasteiger partial charge in [-0.05, 0) is 19.0 Å². The number of phenolic OH excluding ortho intramolecular Hbond substituents is 1. The van der Waals surface area contributed by atoms with Crippen molar-refractivity contribution in [1.82, 2.24) is 5.32 Å². The van der Waals surface area contributed by atoms with Gasteiger partial charge in [-0.1, -0.05) is 24.3 Å². The normalized spacial score (nSPS) is 10.5. The van der Waals surface area contributed by atoms with Crippen molar-refractivity contribution in [3.8, 4) is 11.5 Å². The van der Waals surface area contributed by atoms with E-state index < -0.39 is 6.09 Å². The SMILES string of the molecule is CC(=O)c1cc2c(OC(=O)NCCCN)c3ccccc3c(O)c2o1.Cl. The summed E-state index contributed by atoms with van der Waals surface area (Å²) in [4.78, 5) is 23.7. The van der Waals surface area contributed by atoms with Gasteiger partial charge in [-0.25, -0.2) is 4.79 Å². The third-order valence-corrected chi connectivity index (χ3v) is 3.81. The van der Waals surface area contributed by atoms with Gasteiger partial charge < -0.3 is 25.3 Å². The first kappa shape index (κ1) is 19.6. The van der Waals surface area contributed by atoms with Gasteiger partial charge >= 0.3 is 6.09 Å². The first-order chi connectivity index (χ1) is 12.0. The number of carbonyl (C=O) groups is 2. The molecule has 0 radical (unpaired) electrons. The number of furan rings is 1. The number of Topliss-reactive ketones (excluding diaryl/α,β-unsaturated/α-hetero) is 1. The van der Waals surface area contributed by atoms with Crippen molar-refractivity contribution in [2.45, 2.75) is 13.3 Å². The number of aromatic hydroxyl groups is 1. The Morgan fingerprint density at radius 3 is 2.58 bits per heavy atom. The molecule has 1 heterocycles. The summed E-state index contributed by atoms with van der Waals surface area (Å²) in [5.41, 5.74) is 5.50. The number of nitrogens with two attached hydrogens (primary N) is 1. The van der Waals surface area contributed by atoms with Crippen LogP contribution >= 0.6 is 12.4 Å². The summed E-state index contributed by atoms with van der Waals surface area (Å²) in [5, 5.41) is 14.4. The Labute approximate surface area is 155 Å². The quantitative estimate of drug-likeness (QED) is 0.463. The van der Waals surface area contributed by atoms with Crippen LogP contribution in [0.25, 0.3) is 21.7 Å². The number of nitrogens with one attached hydrogen (secondary N) is 1. The highest BCUT2D eigenvalue weighted by molar-refractivity contribution is 6.11. The van der Waals surface area contributed by atoms with Gasteiger partial charge in [-0.3, -0.25) is 4.79 Å². The molecule has 1 aromatic heterocycles. The molecule has 3 rings (SSSR count). The molecule has 0 atom stereocenters. The maximum atomic E-state index is 12.1. The van der Waals surface area contributed by atoms with Gasteiger partial charge in [0.1, 0.15) is 0 Å². The van der Waals surface area contributed by atoms with Crippen molar-refractivity contribution in [2.24, 2.45) is 5.73 Å². The molecule has 0 saturated heterocycles. The Morgan fingerprint density at radius 2 is 1.92 bits per heavy atom. The molecule has 0 bridgehead atoms. The van der Waals surface area contributed by atoms with Crippen LogP contribution in [0.15, 0.2) is 34.7 Å². The highest BCUT2D eigenvalue weighted by Crippen LogP contribution is 2.43. The predicted molar refractivity (Wildman–Crippen MR) is 100 cm³/mol. The van der Waals surface area contributed by atoms with E-state index in [4.69, 9.17) is 14.9 Å². The van der Waals surface area contributed by atoms with Crippen LogP contribution < -0.4 is 15.8 Å². The molecule has 0 unspecified atom stereocenters. The monoisotopic (exact) mass is 378 g/mol. The largest absolute Gasteiger partial charge is 0.504 e. The molecule has 1 amide bonds. The third-order valence-electron chi connectivity index (χ3n) is 3.81. The van der Waals surface area contributed by atoms with Crippen LogP contribution in [0, 0.1) is 0 Å². The summed E-state index contributed by atoms with van der Waals surface area (Å²) < 4.78 is 10.9. The van der Waals surface area contributed by atoms with Crippen LogP contribution in [0.5, 0.6) is 11.5 Å². The maximum absolute atomic E-state index is 12.1. The van der Waals surface area contributed by atoms with E-state index in [2.05, 4.69) is 5.32 Å². The van der Waals surface area contributed by atoms with Crippen molar-refractivity contribution >= 4 is 46.0 Å². The van der Waals surface area contributed by atoms with Gasteiger partial charge in [0.15, 0.2) is 28.6 Å². The highest BCUT2D eigenvalue weighted by atomic mass is 35.5. The number of ketones is 1. The first-order valence-corrected chi connectivity index (χ1v) is 7.86. The fraction of sp³-hybridized carbons (Fsp3) is 0.222. The fourth-order valence-corrected chi connectivity index (χ4v) is 2.60. The molecule has 8 heteroatoms. The second-order valence-electron chi connectivity index (χ2n) is 5.59. The van der Waals surface area contributed by atoms with Gasteiger partial charge in [0.05, 0.1) is 5.39 Å². The molecule has 7 nitrogen and oxygen atoms in total. The lowest BCUT2D eigenvalue weighted by molar-refractivity contribution is 0.0989. The van der Waals surface area contributed by atoms with Crippen molar-refractivity contribution < 1.29 is 23.8 Å². The zero-order valence-corrected chi connectivity index (χ0v) is 14.9. The molecule has 138 valence electrons. The van der Waals surface area contributed by atoms with E-state index in [9.17, 15) is 14.7 Å². The van der Waals surface area contributed by atoms with Gasteiger partial charge in [0, 0.05) is 24.2 Å². The minimum atomic E-state index is -0.642. The van der Waals surface area contributed by atoms with E-state index >= 15 is 0 Å². The average molecular weight is 379 g/mol. The lowest BCUT2D eigenvalue weighted by Crippen LogP contribution is -2.29. The van der Waals surface area contributed by atoms with E-state index in [0.29, 0.717) is 35.7 Å². The zero-order valence-electron chi connectivity index (χ0n) is 14.1. The molecule has 4 N–H and O–H groups in total. The van der Waals surface area contributed by atoms with E-state index in [1.165, 1.54) is 13.0 Å². The molecule has 0 fully saturated rings. The van der Waals surface area contributed by atoms with Crippen LogP contribution in [0.4, 0.5) is 4.79 Å². The topological polar surface area (TPSA) is 115 Å². The van der Waals surface area contributed by atoms with Crippen molar-refractivity contribution in [1.29, 1.82) is 0 Å². The number of halogens is 1. The number of rotatable bonds is 5. The molecular formula is C18H19ClN2O5. The Hall–Kier alpha value is -2.77. The molecule has 3 aromatic rings. The van der Waals surface area contributed by atoms with E-state index in [1.807, 2.05) is 0 Å². The number of hydrogen-bond donors (Lipinski definition) is 3. The molecule has 0 aliphatic rings. The summed E-state index contributed by atoms with van der Waals surface area (Å²) in [6.45, 7) is 2.20. The van der Waals surface area contributed by atoms with Crippen LogP contribution in [0.1, 0.15) is 23.9 Å². The summed E-state index contributed by atoms with van der Waals surface area (Å²) in [6.07, 6.45) is -0.0164. The van der Waals surface area contributed by atoms with Crippen molar-refractivity contribution in [3.63, 3.8) is 0 Å². The van der Waals surface area contributed by atoms with Crippen LogP contribution in [-0.4, -0.2) is 30.1 Å². The van der Waals surface area contributed by atoms with Crippen LogP contribution in [-0.2, 0) is 0 Å². The van der Waals surface area contributed by atoms with Crippen LogP contribution in [0.3, 0.4) is 0 Å². The lowest BCUT2D eigenvalue weighted by atomic mass is 10.1. The van der Waals surface area contributed by atoms with E-state index in [1.54, 1.807) is 24.3 Å². The standard InChI is InChI=1S/C18H18N2O5.ClH/c1-10(21)14-9-13-16(25-18(23)20-8-4-7-19)12-6-3-2-5-11(12)15(22)17(13)24-14;/h2-3,5-6,9,22H,4,7-8,19H2,1H3,(H,20,23);1H. The predicted octanol–water partition coefficient (Wildman–Crippen LogP) is 3.35. The number of fused-ring (bicyclic) bond motifs is 2. The molecule has 2 aromatic carbocycles. The lowest BCUT2D eigenvalue weighted by Gasteiger charge is -2.11. The second kappa shape index (κ2) is 8.07. The number of hydrogen-bond acceptors (Lipinski definition) is 6. The maximum Gasteiger partial charge on any atom is 0.412 e. The third kappa shape index (κ3) is 3.58. The Kier molecular flexibility index (Phi) is 6.07. The minimum Gasteiger partial charge on any atom is -0.504 e. The summed E-state index contributed by atoms with van der Waals surface area (Å²) in [6, 6.07) is 8.37. The number of carbonyl (C=O) groups excluding carboxylic acids is 2. The van der Waals surface area contributed by atoms with Crippen molar-refractivity contribution in [2.75, 3.05) is 13.1 Å². The van der Waals surface area contributed by atoms with E-state index in [-0.39, 0.29) is 41.0 Å². The van der Waals surface area contributed by atoms with E-state index in [0.717, 1.165) is 0 Å². The summed E-state index contributed by atoms with van der Waals surface area (Å²) in [5.74, 6) is -0.0918. The van der Waals surface area contributed by atoms with Gasteiger partial charge in [-0.2, -0.15) is 0 Å². The Balaban J connectivity index is 0.00000243. The number of phenols is 1. The van der Waals surface area contributed by atoms with Gasteiger partial charge in [0.2, 0.25) is 0 Å². The smallest absolute Gasteiger partial charge is 0.412 e. The number of ether oxygens (including phenoxy) is 1. The summed E-state index contributed by atoms with van der Waals surface area (Å²) in [7, 11) is 0. The second-order valence-corrected chi connectivity index (χ2v) is 5.59. The first-order valence-electron chi connectivity index (χ1n) is 7.86. The average Bonchev–Trinajstić information content (AvgIpc) is 3.05. The number of amides is 1. The number of benzene rings is 2. The molecule has 0 aliphatic carbocycles. The minimum absolute atomic E-state index is 0. The molecular weight excluding hydrogens is 360 g/mol. The van der Waals surface area contributed by atoms with Gasteiger partial charge in [0.25, 0.3) is 0 Å². The fourth-order valence-electron chi connectivity index (χ4n) is 2.60. The Bertz CT molecular complexity index is 967. The molecule has 0 saturated carbocycles. The van der Waals surface area contributed by atoms with Crippen LogP contribution in [0.2, 0.25) is 0 Å². The van der Waals surface area contributed by atoms with Gasteiger partial charge in [-0.15, -0.1) is 12.4 Å². The molecule has 0 aliphatic heterocycles. The highest BCUT2D eigenvalue weighted by Gasteiger charge is 2.21. The molecule has 0 spiro atoms. The zero-order chi connectivity index (χ0) is 18.0.